The van der Waals surface area contributed by atoms with Gasteiger partial charge in [0.15, 0.2) is 0 Å². The molecule has 0 saturated heterocycles. The summed E-state index contributed by atoms with van der Waals surface area (Å²) in [6.45, 7) is 8.67. The summed E-state index contributed by atoms with van der Waals surface area (Å²) in [4.78, 5) is 57.9. The van der Waals surface area contributed by atoms with Crippen molar-refractivity contribution < 1.29 is 48.4 Å². The Labute approximate surface area is 311 Å². The van der Waals surface area contributed by atoms with E-state index in [0.717, 1.165) is 32.1 Å². The number of nitrogens with one attached hydrogen (secondary N) is 3. The van der Waals surface area contributed by atoms with Gasteiger partial charge in [-0.15, -0.1) is 0 Å². The zero-order valence-electron chi connectivity index (χ0n) is 31.9. The lowest BCUT2D eigenvalue weighted by atomic mass is 10.0. The van der Waals surface area contributed by atoms with Gasteiger partial charge < -0.3 is 50.9 Å². The molecule has 0 aliphatic carbocycles. The Bertz CT molecular complexity index is 981. The topological polar surface area (TPSA) is 216 Å². The van der Waals surface area contributed by atoms with Crippen LogP contribution in [0.2, 0.25) is 0 Å². The first-order valence-corrected chi connectivity index (χ1v) is 19.4. The third-order valence-electron chi connectivity index (χ3n) is 8.40. The van der Waals surface area contributed by atoms with E-state index in [9.17, 15) is 29.1 Å². The fourth-order valence-corrected chi connectivity index (χ4v) is 5.22. The van der Waals surface area contributed by atoms with Crippen molar-refractivity contribution in [1.29, 1.82) is 0 Å². The van der Waals surface area contributed by atoms with Crippen LogP contribution in [0.4, 0.5) is 0 Å². The minimum absolute atomic E-state index is 0.0688. The van der Waals surface area contributed by atoms with E-state index in [1.54, 1.807) is 6.92 Å². The third-order valence-corrected chi connectivity index (χ3v) is 8.40. The van der Waals surface area contributed by atoms with E-state index >= 15 is 0 Å². The van der Waals surface area contributed by atoms with Gasteiger partial charge in [-0.3, -0.25) is 19.2 Å². The predicted octanol–water partition coefficient (Wildman–Crippen LogP) is 4.63. The molecular formula is C38H70N4O10. The Balaban J connectivity index is 3.62. The summed E-state index contributed by atoms with van der Waals surface area (Å²) in [6, 6.07) is -1.69. The van der Waals surface area contributed by atoms with E-state index in [4.69, 9.17) is 25.1 Å². The Morgan fingerprint density at radius 2 is 0.962 bits per heavy atom. The Morgan fingerprint density at radius 3 is 1.38 bits per heavy atom. The first-order valence-electron chi connectivity index (χ1n) is 19.4. The number of aliphatic hydroxyl groups excluding tert-OH is 1. The number of carbonyl (C=O) groups is 5. The summed E-state index contributed by atoms with van der Waals surface area (Å²) >= 11 is 0. The van der Waals surface area contributed by atoms with E-state index in [-0.39, 0.29) is 54.9 Å². The van der Waals surface area contributed by atoms with Crippen molar-refractivity contribution in [3.63, 3.8) is 0 Å². The smallest absolute Gasteiger partial charge is 0.320 e. The van der Waals surface area contributed by atoms with Crippen molar-refractivity contribution in [2.45, 2.75) is 147 Å². The molecule has 0 bridgehead atoms. The van der Waals surface area contributed by atoms with E-state index in [1.165, 1.54) is 44.9 Å². The molecule has 0 saturated carbocycles. The van der Waals surface area contributed by atoms with Crippen LogP contribution in [-0.4, -0.2) is 105 Å². The maximum Gasteiger partial charge on any atom is 0.320 e. The third kappa shape index (κ3) is 34.0. The number of aliphatic hydroxyl groups is 1. The Morgan fingerprint density at radius 1 is 0.558 bits per heavy atom. The number of aliphatic carboxylic acids is 1. The molecule has 2 atom stereocenters. The first kappa shape index (κ1) is 48.9. The van der Waals surface area contributed by atoms with Gasteiger partial charge >= 0.3 is 5.97 Å². The van der Waals surface area contributed by atoms with Gasteiger partial charge in [-0.2, -0.15) is 0 Å². The molecule has 0 aromatic carbocycles. The molecule has 0 aliphatic rings. The van der Waals surface area contributed by atoms with Crippen LogP contribution in [0.5, 0.6) is 0 Å². The van der Waals surface area contributed by atoms with Crippen LogP contribution in [0.3, 0.4) is 0 Å². The molecule has 0 unspecified atom stereocenters. The number of ketones is 1. The number of amides is 3. The maximum absolute atomic E-state index is 12.4. The molecule has 52 heavy (non-hydrogen) atoms. The van der Waals surface area contributed by atoms with Crippen LogP contribution >= 0.6 is 0 Å². The molecule has 0 aliphatic heterocycles. The lowest BCUT2D eigenvalue weighted by molar-refractivity contribution is -0.138. The summed E-state index contributed by atoms with van der Waals surface area (Å²) in [5.41, 5.74) is 5.37. The van der Waals surface area contributed by atoms with Gasteiger partial charge in [-0.25, -0.2) is 0 Å². The number of carboxylic acid groups (broad SMARTS) is 1. The molecule has 0 aromatic heterocycles. The first-order chi connectivity index (χ1) is 25.0. The number of rotatable bonds is 38. The molecule has 0 fully saturated rings. The standard InChI is InChI=1S/C38H70N4O10/c1-31(43)17-13-11-9-7-5-3-4-6-8-10-12-14-18-37(47)42-34(32(2)44)20-22-36(46)41-24-16-26-51-28-30-52-29-27-50-25-15-23-40-35(45)21-19-33(39)38(48)49/h33-34,44H,2-30,39H2,1H3,(H,40,45)(H,41,46)(H,42,47)(H,48,49)/t33-,34-/m0/s1. The van der Waals surface area contributed by atoms with Crippen LogP contribution in [-0.2, 0) is 38.2 Å². The van der Waals surface area contributed by atoms with Crippen LogP contribution in [0.15, 0.2) is 12.3 Å². The summed E-state index contributed by atoms with van der Waals surface area (Å²) in [5.74, 6) is -1.54. The quantitative estimate of drug-likeness (QED) is 0.0379. The van der Waals surface area contributed by atoms with Crippen LogP contribution in [0, 0.1) is 0 Å². The number of unbranched alkanes of at least 4 members (excludes halogenated alkanes) is 11. The monoisotopic (exact) mass is 743 g/mol. The molecule has 3 amide bonds. The lowest BCUT2D eigenvalue weighted by Crippen LogP contribution is -2.37. The minimum atomic E-state index is -1.12. The fourth-order valence-electron chi connectivity index (χ4n) is 5.22. The lowest BCUT2D eigenvalue weighted by Gasteiger charge is -2.17. The molecule has 0 rings (SSSR count). The zero-order valence-corrected chi connectivity index (χ0v) is 31.9. The Hall–Kier alpha value is -3.07. The van der Waals surface area contributed by atoms with Crippen molar-refractivity contribution >= 4 is 29.5 Å². The molecule has 0 spiro atoms. The van der Waals surface area contributed by atoms with E-state index in [0.29, 0.717) is 78.4 Å². The number of ether oxygens (including phenoxy) is 3. The van der Waals surface area contributed by atoms with Crippen molar-refractivity contribution in [2.75, 3.05) is 52.7 Å². The van der Waals surface area contributed by atoms with Crippen LogP contribution in [0.25, 0.3) is 0 Å². The summed E-state index contributed by atoms with van der Waals surface area (Å²) < 4.78 is 16.4. The van der Waals surface area contributed by atoms with Crippen LogP contribution < -0.4 is 21.7 Å². The van der Waals surface area contributed by atoms with Crippen LogP contribution in [0.1, 0.15) is 135 Å². The second-order valence-electron chi connectivity index (χ2n) is 13.3. The molecule has 14 heteroatoms. The molecule has 0 radical (unpaired) electrons. The second kappa shape index (κ2) is 35.0. The normalized spacial score (nSPS) is 12.2. The molecule has 0 aromatic rings. The van der Waals surface area contributed by atoms with Gasteiger partial charge in [0, 0.05) is 52.0 Å². The van der Waals surface area contributed by atoms with Gasteiger partial charge in [0.25, 0.3) is 0 Å². The SMILES string of the molecule is C=C(O)[C@H](CCC(=O)NCCCOCCOCCOCCCNC(=O)CC[C@H](N)C(=O)O)NC(=O)CCCCCCCCCCCCCCC(C)=O. The van der Waals surface area contributed by atoms with E-state index < -0.39 is 18.1 Å². The van der Waals surface area contributed by atoms with Crippen molar-refractivity contribution in [2.24, 2.45) is 5.73 Å². The van der Waals surface area contributed by atoms with Gasteiger partial charge in [-0.05, 0) is 45.4 Å². The molecule has 14 nitrogen and oxygen atoms in total. The highest BCUT2D eigenvalue weighted by Gasteiger charge is 2.17. The van der Waals surface area contributed by atoms with Gasteiger partial charge in [0.1, 0.15) is 17.6 Å². The summed E-state index contributed by atoms with van der Waals surface area (Å²) in [5, 5.41) is 27.0. The van der Waals surface area contributed by atoms with Crippen molar-refractivity contribution in [3.8, 4) is 0 Å². The number of Topliss-reactive ketones (excluding diaryl/α,β-unsaturated/α-hetero) is 1. The molecule has 0 heterocycles. The highest BCUT2D eigenvalue weighted by atomic mass is 16.5. The summed E-state index contributed by atoms with van der Waals surface area (Å²) in [7, 11) is 0. The molecular weight excluding hydrogens is 672 g/mol. The van der Waals surface area contributed by atoms with Crippen molar-refractivity contribution in [1.82, 2.24) is 16.0 Å². The van der Waals surface area contributed by atoms with Gasteiger partial charge in [-0.1, -0.05) is 70.8 Å². The summed E-state index contributed by atoms with van der Waals surface area (Å²) in [6.07, 6.45) is 16.6. The van der Waals surface area contributed by atoms with E-state index in [1.807, 2.05) is 0 Å². The molecule has 302 valence electrons. The Kier molecular flexibility index (Phi) is 32.9. The highest BCUT2D eigenvalue weighted by Crippen LogP contribution is 2.13. The highest BCUT2D eigenvalue weighted by molar-refractivity contribution is 5.78. The van der Waals surface area contributed by atoms with Gasteiger partial charge in [0.2, 0.25) is 17.7 Å². The molecule has 7 N–H and O–H groups in total. The predicted molar refractivity (Wildman–Crippen MR) is 201 cm³/mol. The average molecular weight is 743 g/mol. The number of carboxylic acids is 1. The van der Waals surface area contributed by atoms with E-state index in [2.05, 4.69) is 22.5 Å². The zero-order chi connectivity index (χ0) is 38.7. The number of hydrogen-bond donors (Lipinski definition) is 6. The average Bonchev–Trinajstić information content (AvgIpc) is 3.10. The number of hydrogen-bond acceptors (Lipinski definition) is 10. The fraction of sp³-hybridized carbons (Fsp3) is 0.816. The maximum atomic E-state index is 12.4. The minimum Gasteiger partial charge on any atom is -0.511 e. The largest absolute Gasteiger partial charge is 0.511 e. The number of nitrogens with two attached hydrogens (primary N) is 1. The van der Waals surface area contributed by atoms with Crippen molar-refractivity contribution in [3.05, 3.63) is 12.3 Å². The van der Waals surface area contributed by atoms with Gasteiger partial charge in [0.05, 0.1) is 32.5 Å². The second-order valence-corrected chi connectivity index (χ2v) is 13.3. The number of carbonyl (C=O) groups excluding carboxylic acids is 4.